The Bertz CT molecular complexity index is 969. The highest BCUT2D eigenvalue weighted by Crippen LogP contribution is 2.43. The summed E-state index contributed by atoms with van der Waals surface area (Å²) in [5.74, 6) is -0.844. The Labute approximate surface area is 292 Å². The number of rotatable bonds is 33. The van der Waals surface area contributed by atoms with E-state index in [1.165, 1.54) is 38.5 Å². The van der Waals surface area contributed by atoms with Crippen LogP contribution < -0.4 is 0 Å². The summed E-state index contributed by atoms with van der Waals surface area (Å²) in [6.45, 7) is 5.27. The van der Waals surface area contributed by atoms with Gasteiger partial charge in [-0.05, 0) is 64.7 Å². The van der Waals surface area contributed by atoms with E-state index in [1.807, 2.05) is 0 Å². The highest BCUT2D eigenvalue weighted by molar-refractivity contribution is 7.47. The van der Waals surface area contributed by atoms with Crippen LogP contribution in [0.4, 0.5) is 0 Å². The zero-order valence-corrected chi connectivity index (χ0v) is 31.3. The molecule has 0 bridgehead atoms. The zero-order chi connectivity index (χ0) is 35.4. The molecule has 0 aromatic heterocycles. The molecule has 0 spiro atoms. The molecule has 0 aliphatic heterocycles. The van der Waals surface area contributed by atoms with Crippen LogP contribution in [-0.4, -0.2) is 42.8 Å². The number of carbonyl (C=O) groups excluding carboxylic acids is 2. The van der Waals surface area contributed by atoms with Crippen molar-refractivity contribution in [3.05, 3.63) is 60.8 Å². The maximum absolute atomic E-state index is 12.5. The minimum absolute atomic E-state index is 0.00835. The van der Waals surface area contributed by atoms with E-state index in [2.05, 4.69) is 74.6 Å². The zero-order valence-electron chi connectivity index (χ0n) is 30.4. The molecule has 0 saturated heterocycles. The predicted octanol–water partition coefficient (Wildman–Crippen LogP) is 11.2. The molecule has 0 fully saturated rings. The van der Waals surface area contributed by atoms with Gasteiger partial charge in [-0.2, -0.15) is 0 Å². The van der Waals surface area contributed by atoms with Crippen LogP contribution in [-0.2, 0) is 32.7 Å². The first kappa shape index (κ1) is 45.8. The van der Waals surface area contributed by atoms with Gasteiger partial charge >= 0.3 is 19.8 Å². The smallest absolute Gasteiger partial charge is 0.462 e. The lowest BCUT2D eigenvalue weighted by molar-refractivity contribution is -0.161. The first-order valence-electron chi connectivity index (χ1n) is 18.6. The van der Waals surface area contributed by atoms with Crippen molar-refractivity contribution in [3.8, 4) is 0 Å². The Morgan fingerprint density at radius 3 is 1.60 bits per heavy atom. The van der Waals surface area contributed by atoms with Gasteiger partial charge in [0.1, 0.15) is 6.61 Å². The van der Waals surface area contributed by atoms with Crippen LogP contribution in [0.25, 0.3) is 0 Å². The Kier molecular flexibility index (Phi) is 33.0. The Hall–Kier alpha value is -2.25. The molecule has 0 amide bonds. The summed E-state index contributed by atoms with van der Waals surface area (Å²) in [6, 6.07) is 0. The highest BCUT2D eigenvalue weighted by atomic mass is 31.2. The summed E-state index contributed by atoms with van der Waals surface area (Å²) < 4.78 is 32.4. The van der Waals surface area contributed by atoms with E-state index in [0.717, 1.165) is 70.6 Å². The van der Waals surface area contributed by atoms with Crippen LogP contribution in [0, 0.1) is 0 Å². The van der Waals surface area contributed by atoms with Crippen LogP contribution >= 0.6 is 7.82 Å². The van der Waals surface area contributed by atoms with Gasteiger partial charge in [-0.25, -0.2) is 4.57 Å². The Morgan fingerprint density at radius 2 is 1.06 bits per heavy atom. The SMILES string of the molecule is CC/C=C\C/C=C\C/C=C\C/C=C\C/C=C\CCCCCC(=O)OC(COC(=O)CCCCCCCCCCC)COP(=O)(O)OCC. The van der Waals surface area contributed by atoms with E-state index >= 15 is 0 Å². The molecular weight excluding hydrogens is 627 g/mol. The summed E-state index contributed by atoms with van der Waals surface area (Å²) in [7, 11) is -4.28. The Morgan fingerprint density at radius 1 is 0.583 bits per heavy atom. The molecule has 2 atom stereocenters. The fourth-order valence-corrected chi connectivity index (χ4v) is 5.41. The van der Waals surface area contributed by atoms with Crippen molar-refractivity contribution in [1.29, 1.82) is 0 Å². The van der Waals surface area contributed by atoms with Gasteiger partial charge in [0.25, 0.3) is 0 Å². The summed E-state index contributed by atoms with van der Waals surface area (Å²) >= 11 is 0. The number of carbonyl (C=O) groups is 2. The van der Waals surface area contributed by atoms with Gasteiger partial charge in [0.15, 0.2) is 6.10 Å². The lowest BCUT2D eigenvalue weighted by Gasteiger charge is -2.19. The topological polar surface area (TPSA) is 108 Å². The van der Waals surface area contributed by atoms with Gasteiger partial charge in [0, 0.05) is 12.8 Å². The van der Waals surface area contributed by atoms with Crippen molar-refractivity contribution in [3.63, 3.8) is 0 Å². The van der Waals surface area contributed by atoms with Crippen molar-refractivity contribution in [2.45, 2.75) is 155 Å². The molecule has 1 N–H and O–H groups in total. The first-order valence-corrected chi connectivity index (χ1v) is 20.1. The van der Waals surface area contributed by atoms with Crippen molar-refractivity contribution >= 4 is 19.8 Å². The molecule has 0 aromatic carbocycles. The molecule has 0 rings (SSSR count). The second-order valence-electron chi connectivity index (χ2n) is 11.9. The van der Waals surface area contributed by atoms with Gasteiger partial charge < -0.3 is 14.4 Å². The van der Waals surface area contributed by atoms with Crippen LogP contribution in [0.15, 0.2) is 60.8 Å². The largest absolute Gasteiger partial charge is 0.472 e. The van der Waals surface area contributed by atoms with Gasteiger partial charge in [-0.3, -0.25) is 18.6 Å². The van der Waals surface area contributed by atoms with Crippen molar-refractivity contribution in [1.82, 2.24) is 0 Å². The monoisotopic (exact) mass is 694 g/mol. The second kappa shape index (κ2) is 34.6. The van der Waals surface area contributed by atoms with Gasteiger partial charge in [-0.1, -0.05) is 132 Å². The number of esters is 2. The van der Waals surface area contributed by atoms with Crippen LogP contribution in [0.1, 0.15) is 149 Å². The van der Waals surface area contributed by atoms with Gasteiger partial charge in [0.2, 0.25) is 0 Å². The lowest BCUT2D eigenvalue weighted by atomic mass is 10.1. The van der Waals surface area contributed by atoms with Crippen molar-refractivity contribution in [2.75, 3.05) is 19.8 Å². The molecular formula is C39H67O8P. The fourth-order valence-electron chi connectivity index (χ4n) is 4.65. The summed E-state index contributed by atoms with van der Waals surface area (Å²) in [6.07, 6.45) is 39.9. The third-order valence-corrected chi connectivity index (χ3v) is 8.40. The number of hydrogen-bond donors (Lipinski definition) is 1. The number of hydrogen-bond acceptors (Lipinski definition) is 7. The molecule has 0 radical (unpaired) electrons. The number of ether oxygens (including phenoxy) is 2. The maximum atomic E-state index is 12.5. The summed E-state index contributed by atoms with van der Waals surface area (Å²) in [5.41, 5.74) is 0. The molecule has 2 unspecified atom stereocenters. The van der Waals surface area contributed by atoms with Gasteiger partial charge in [0.05, 0.1) is 13.2 Å². The third-order valence-electron chi connectivity index (χ3n) is 7.34. The summed E-state index contributed by atoms with van der Waals surface area (Å²) in [5, 5.41) is 0. The van der Waals surface area contributed by atoms with Gasteiger partial charge in [-0.15, -0.1) is 0 Å². The molecule has 0 aliphatic carbocycles. The Balaban J connectivity index is 4.23. The number of unbranched alkanes of at least 4 members (excludes halogenated alkanes) is 11. The molecule has 9 heteroatoms. The molecule has 8 nitrogen and oxygen atoms in total. The molecule has 0 saturated carbocycles. The number of phosphoric ester groups is 1. The van der Waals surface area contributed by atoms with E-state index in [4.69, 9.17) is 18.5 Å². The van der Waals surface area contributed by atoms with Crippen LogP contribution in [0.2, 0.25) is 0 Å². The average Bonchev–Trinajstić information content (AvgIpc) is 3.06. The molecule has 48 heavy (non-hydrogen) atoms. The van der Waals surface area contributed by atoms with Crippen molar-refractivity contribution in [2.24, 2.45) is 0 Å². The van der Waals surface area contributed by atoms with E-state index in [1.54, 1.807) is 6.92 Å². The molecule has 0 aliphatic rings. The minimum Gasteiger partial charge on any atom is -0.462 e. The normalized spacial score (nSPS) is 14.2. The minimum atomic E-state index is -4.28. The molecule has 276 valence electrons. The van der Waals surface area contributed by atoms with E-state index in [9.17, 15) is 19.0 Å². The highest BCUT2D eigenvalue weighted by Gasteiger charge is 2.25. The third kappa shape index (κ3) is 33.6. The average molecular weight is 695 g/mol. The second-order valence-corrected chi connectivity index (χ2v) is 13.3. The predicted molar refractivity (Wildman–Crippen MR) is 198 cm³/mol. The van der Waals surface area contributed by atoms with E-state index in [-0.39, 0.29) is 32.0 Å². The van der Waals surface area contributed by atoms with Crippen LogP contribution in [0.3, 0.4) is 0 Å². The maximum Gasteiger partial charge on any atom is 0.472 e. The number of allylic oxidation sites excluding steroid dienone is 10. The number of phosphoric acid groups is 1. The lowest BCUT2D eigenvalue weighted by Crippen LogP contribution is -2.29. The van der Waals surface area contributed by atoms with Crippen LogP contribution in [0.5, 0.6) is 0 Å². The molecule has 0 heterocycles. The van der Waals surface area contributed by atoms with Crippen molar-refractivity contribution < 1.29 is 37.6 Å². The first-order chi connectivity index (χ1) is 23.3. The van der Waals surface area contributed by atoms with E-state index < -0.39 is 26.5 Å². The quantitative estimate of drug-likeness (QED) is 0.0313. The van der Waals surface area contributed by atoms with E-state index in [0.29, 0.717) is 6.42 Å². The summed E-state index contributed by atoms with van der Waals surface area (Å²) in [4.78, 5) is 34.5. The fraction of sp³-hybridized carbons (Fsp3) is 0.692. The molecule has 0 aromatic rings. The standard InChI is InChI=1S/C39H67O8P/c1-4-7-9-11-13-15-16-17-18-19-20-21-22-23-24-26-28-30-32-34-39(41)47-37(36-46-48(42,43)45-6-3)35-44-38(40)33-31-29-27-25-14-12-10-8-5-2/h7,9,13,15,17-18,20-21,23-24,37H,4-6,8,10-12,14,16,19,22,25-36H2,1-3H3,(H,42,43)/b9-7-,15-13-,18-17-,21-20-,24-23-.